The van der Waals surface area contributed by atoms with E-state index in [4.69, 9.17) is 0 Å². The molecule has 2 rings (SSSR count). The molecule has 1 saturated heterocycles. The van der Waals surface area contributed by atoms with E-state index in [1.807, 2.05) is 17.0 Å². The van der Waals surface area contributed by atoms with Gasteiger partial charge in [-0.15, -0.1) is 0 Å². The summed E-state index contributed by atoms with van der Waals surface area (Å²) in [6.07, 6.45) is 6.58. The van der Waals surface area contributed by atoms with Crippen LogP contribution in [0.3, 0.4) is 0 Å². The molecule has 2 heterocycles. The van der Waals surface area contributed by atoms with Crippen LogP contribution in [-0.2, 0) is 16.0 Å². The first-order valence-electron chi connectivity index (χ1n) is 6.18. The molecular formula is C13H17N3O2. The number of nitrogens with one attached hydrogen (secondary N) is 1. The van der Waals surface area contributed by atoms with E-state index >= 15 is 0 Å². The zero-order valence-corrected chi connectivity index (χ0v) is 10.2. The van der Waals surface area contributed by atoms with Gasteiger partial charge in [0.25, 0.3) is 0 Å². The number of rotatable bonds is 5. The predicted octanol–water partition coefficient (Wildman–Crippen LogP) is 0.361. The van der Waals surface area contributed by atoms with Crippen LogP contribution in [0.4, 0.5) is 0 Å². The lowest BCUT2D eigenvalue weighted by atomic mass is 10.1. The average Bonchev–Trinajstić information content (AvgIpc) is 2.92. The molecule has 96 valence electrons. The second-order valence-electron chi connectivity index (χ2n) is 4.43. The third-order valence-electron chi connectivity index (χ3n) is 3.17. The summed E-state index contributed by atoms with van der Waals surface area (Å²) >= 11 is 0. The van der Waals surface area contributed by atoms with Crippen molar-refractivity contribution in [1.29, 1.82) is 0 Å². The van der Waals surface area contributed by atoms with Crippen LogP contribution in [0, 0.1) is 0 Å². The summed E-state index contributed by atoms with van der Waals surface area (Å²) in [5.74, 6) is 0.0106. The fourth-order valence-corrected chi connectivity index (χ4v) is 2.21. The Hall–Kier alpha value is -1.91. The van der Waals surface area contributed by atoms with Gasteiger partial charge in [0.05, 0.1) is 0 Å². The number of nitrogens with zero attached hydrogens (tertiary/aromatic N) is 2. The molecule has 1 atom stereocenters. The van der Waals surface area contributed by atoms with Gasteiger partial charge in [0.15, 0.2) is 0 Å². The molecule has 1 aromatic rings. The Bertz CT molecular complexity index is 402. The number of amides is 2. The Balaban J connectivity index is 2.03. The molecule has 0 saturated carbocycles. The molecule has 0 aromatic carbocycles. The molecule has 0 aliphatic carbocycles. The summed E-state index contributed by atoms with van der Waals surface area (Å²) in [4.78, 5) is 28.6. The molecule has 1 aromatic heterocycles. The lowest BCUT2D eigenvalue weighted by Crippen LogP contribution is -2.46. The molecule has 1 aliphatic heterocycles. The largest absolute Gasteiger partial charge is 0.347 e. The van der Waals surface area contributed by atoms with Crippen LogP contribution in [0.2, 0.25) is 0 Å². The fourth-order valence-electron chi connectivity index (χ4n) is 2.21. The van der Waals surface area contributed by atoms with E-state index < -0.39 is 6.04 Å². The smallest absolute Gasteiger partial charge is 0.245 e. The molecule has 1 N–H and O–H groups in total. The highest BCUT2D eigenvalue weighted by Crippen LogP contribution is 2.11. The zero-order chi connectivity index (χ0) is 12.8. The van der Waals surface area contributed by atoms with Crippen molar-refractivity contribution in [2.24, 2.45) is 0 Å². The SMILES string of the molecule is O=CN[C@@H](Cc1ccncc1)C(=O)N1CCCC1. The number of carbonyl (C=O) groups is 2. The first-order valence-corrected chi connectivity index (χ1v) is 6.18. The van der Waals surface area contributed by atoms with E-state index in [0.29, 0.717) is 12.8 Å². The minimum Gasteiger partial charge on any atom is -0.347 e. The van der Waals surface area contributed by atoms with Crippen molar-refractivity contribution >= 4 is 12.3 Å². The maximum atomic E-state index is 12.2. The number of carbonyl (C=O) groups excluding carboxylic acids is 2. The zero-order valence-electron chi connectivity index (χ0n) is 10.2. The maximum Gasteiger partial charge on any atom is 0.245 e. The van der Waals surface area contributed by atoms with Gasteiger partial charge in [-0.05, 0) is 30.5 Å². The van der Waals surface area contributed by atoms with Gasteiger partial charge in [0, 0.05) is 31.9 Å². The van der Waals surface area contributed by atoms with Crippen LogP contribution in [-0.4, -0.2) is 41.3 Å². The molecule has 0 spiro atoms. The van der Waals surface area contributed by atoms with Crippen molar-refractivity contribution in [3.8, 4) is 0 Å². The summed E-state index contributed by atoms with van der Waals surface area (Å²) in [7, 11) is 0. The Morgan fingerprint density at radius 1 is 1.39 bits per heavy atom. The standard InChI is InChI=1S/C13H17N3O2/c17-10-15-12(9-11-3-5-14-6-4-11)13(18)16-7-1-2-8-16/h3-6,10,12H,1-2,7-9H2,(H,15,17)/t12-/m0/s1. The van der Waals surface area contributed by atoms with Gasteiger partial charge >= 0.3 is 0 Å². The van der Waals surface area contributed by atoms with Crippen molar-refractivity contribution in [2.75, 3.05) is 13.1 Å². The normalized spacial score (nSPS) is 16.3. The first kappa shape index (κ1) is 12.5. The maximum absolute atomic E-state index is 12.2. The van der Waals surface area contributed by atoms with Gasteiger partial charge in [-0.2, -0.15) is 0 Å². The molecule has 1 fully saturated rings. The minimum absolute atomic E-state index is 0.0106. The molecular weight excluding hydrogens is 230 g/mol. The summed E-state index contributed by atoms with van der Waals surface area (Å²) in [6, 6.07) is 3.25. The molecule has 2 amide bonds. The molecule has 0 bridgehead atoms. The highest BCUT2D eigenvalue weighted by atomic mass is 16.2. The van der Waals surface area contributed by atoms with E-state index in [9.17, 15) is 9.59 Å². The predicted molar refractivity (Wildman–Crippen MR) is 66.7 cm³/mol. The molecule has 0 unspecified atom stereocenters. The van der Waals surface area contributed by atoms with Crippen molar-refractivity contribution in [2.45, 2.75) is 25.3 Å². The van der Waals surface area contributed by atoms with Gasteiger partial charge in [-0.1, -0.05) is 0 Å². The highest BCUT2D eigenvalue weighted by Gasteiger charge is 2.26. The van der Waals surface area contributed by atoms with Crippen LogP contribution < -0.4 is 5.32 Å². The lowest BCUT2D eigenvalue weighted by Gasteiger charge is -2.22. The highest BCUT2D eigenvalue weighted by molar-refractivity contribution is 5.84. The summed E-state index contributed by atoms with van der Waals surface area (Å²) < 4.78 is 0. The average molecular weight is 247 g/mol. The quantitative estimate of drug-likeness (QED) is 0.764. The van der Waals surface area contributed by atoms with Crippen LogP contribution in [0.15, 0.2) is 24.5 Å². The van der Waals surface area contributed by atoms with Gasteiger partial charge in [0.2, 0.25) is 12.3 Å². The van der Waals surface area contributed by atoms with Crippen LogP contribution in [0.5, 0.6) is 0 Å². The van der Waals surface area contributed by atoms with Crippen molar-refractivity contribution < 1.29 is 9.59 Å². The molecule has 5 nitrogen and oxygen atoms in total. The van der Waals surface area contributed by atoms with Crippen LogP contribution in [0.1, 0.15) is 18.4 Å². The van der Waals surface area contributed by atoms with E-state index in [1.54, 1.807) is 12.4 Å². The third-order valence-corrected chi connectivity index (χ3v) is 3.17. The molecule has 5 heteroatoms. The topological polar surface area (TPSA) is 62.3 Å². The first-order chi connectivity index (χ1) is 8.81. The summed E-state index contributed by atoms with van der Waals surface area (Å²) in [6.45, 7) is 1.60. The Morgan fingerprint density at radius 3 is 2.67 bits per heavy atom. The van der Waals surface area contributed by atoms with Gasteiger partial charge in [-0.3, -0.25) is 14.6 Å². The van der Waals surface area contributed by atoms with Crippen molar-refractivity contribution in [1.82, 2.24) is 15.2 Å². The Kier molecular flexibility index (Phi) is 4.28. The van der Waals surface area contributed by atoms with E-state index in [1.165, 1.54) is 0 Å². The van der Waals surface area contributed by atoms with E-state index in [2.05, 4.69) is 10.3 Å². The third kappa shape index (κ3) is 3.06. The summed E-state index contributed by atoms with van der Waals surface area (Å²) in [5, 5.41) is 2.62. The van der Waals surface area contributed by atoms with Crippen LogP contribution in [0.25, 0.3) is 0 Å². The van der Waals surface area contributed by atoms with Gasteiger partial charge < -0.3 is 10.2 Å². The van der Waals surface area contributed by atoms with Crippen LogP contribution >= 0.6 is 0 Å². The van der Waals surface area contributed by atoms with Gasteiger partial charge in [0.1, 0.15) is 6.04 Å². The fraction of sp³-hybridized carbons (Fsp3) is 0.462. The monoisotopic (exact) mass is 247 g/mol. The summed E-state index contributed by atoms with van der Waals surface area (Å²) in [5.41, 5.74) is 0.997. The lowest BCUT2D eigenvalue weighted by molar-refractivity contribution is -0.133. The number of aromatic nitrogens is 1. The Morgan fingerprint density at radius 2 is 2.06 bits per heavy atom. The van der Waals surface area contributed by atoms with Crippen molar-refractivity contribution in [3.63, 3.8) is 0 Å². The molecule has 1 aliphatic rings. The second-order valence-corrected chi connectivity index (χ2v) is 4.43. The molecule has 0 radical (unpaired) electrons. The Labute approximate surface area is 106 Å². The van der Waals surface area contributed by atoms with E-state index in [0.717, 1.165) is 31.5 Å². The van der Waals surface area contributed by atoms with Gasteiger partial charge in [-0.25, -0.2) is 0 Å². The number of hydrogen-bond donors (Lipinski definition) is 1. The van der Waals surface area contributed by atoms with Crippen molar-refractivity contribution in [3.05, 3.63) is 30.1 Å². The number of pyridine rings is 1. The number of hydrogen-bond acceptors (Lipinski definition) is 3. The minimum atomic E-state index is -0.469. The number of likely N-dealkylation sites (tertiary alicyclic amines) is 1. The van der Waals surface area contributed by atoms with E-state index in [-0.39, 0.29) is 5.91 Å². The second kappa shape index (κ2) is 6.14. The molecule has 18 heavy (non-hydrogen) atoms.